The summed E-state index contributed by atoms with van der Waals surface area (Å²) in [6, 6.07) is 0.848. The van der Waals surface area contributed by atoms with Crippen LogP contribution in [0.15, 0.2) is 0 Å². The van der Waals surface area contributed by atoms with Crippen LogP contribution in [-0.4, -0.2) is 37.6 Å². The van der Waals surface area contributed by atoms with E-state index in [1.165, 1.54) is 64.6 Å². The minimum absolute atomic E-state index is 0.574. The zero-order valence-electron chi connectivity index (χ0n) is 12.7. The van der Waals surface area contributed by atoms with Gasteiger partial charge in [0.25, 0.3) is 0 Å². The normalized spacial score (nSPS) is 29.0. The average molecular weight is 252 g/mol. The molecule has 1 aliphatic heterocycles. The van der Waals surface area contributed by atoms with Gasteiger partial charge in [0.05, 0.1) is 0 Å². The van der Waals surface area contributed by atoms with Gasteiger partial charge in [0.2, 0.25) is 0 Å². The van der Waals surface area contributed by atoms with Crippen molar-refractivity contribution in [2.45, 2.75) is 64.8 Å². The third-order valence-corrected chi connectivity index (χ3v) is 5.19. The summed E-state index contributed by atoms with van der Waals surface area (Å²) in [6.45, 7) is 8.70. The molecule has 1 saturated carbocycles. The van der Waals surface area contributed by atoms with Crippen LogP contribution >= 0.6 is 0 Å². The Kier molecular flexibility index (Phi) is 5.08. The summed E-state index contributed by atoms with van der Waals surface area (Å²) in [5, 5.41) is 3.47. The molecule has 1 unspecified atom stereocenters. The monoisotopic (exact) mass is 252 g/mol. The van der Waals surface area contributed by atoms with Gasteiger partial charge in [-0.1, -0.05) is 33.1 Å². The van der Waals surface area contributed by atoms with Crippen molar-refractivity contribution in [3.05, 3.63) is 0 Å². The van der Waals surface area contributed by atoms with Crippen molar-refractivity contribution in [1.29, 1.82) is 0 Å². The third-order valence-electron chi connectivity index (χ3n) is 5.19. The minimum atomic E-state index is 0.574. The summed E-state index contributed by atoms with van der Waals surface area (Å²) in [4.78, 5) is 2.81. The Bertz CT molecular complexity index is 238. The molecule has 1 atom stereocenters. The quantitative estimate of drug-likeness (QED) is 0.808. The van der Waals surface area contributed by atoms with Crippen molar-refractivity contribution in [3.8, 4) is 0 Å². The van der Waals surface area contributed by atoms with Gasteiger partial charge < -0.3 is 5.32 Å². The highest BCUT2D eigenvalue weighted by atomic mass is 15.2. The summed E-state index contributed by atoms with van der Waals surface area (Å²) in [5.41, 5.74) is 0.574. The van der Waals surface area contributed by atoms with E-state index in [1.54, 1.807) is 0 Å². The third kappa shape index (κ3) is 3.27. The van der Waals surface area contributed by atoms with E-state index in [1.807, 2.05) is 0 Å². The minimum Gasteiger partial charge on any atom is -0.319 e. The van der Waals surface area contributed by atoms with E-state index >= 15 is 0 Å². The molecule has 106 valence electrons. The summed E-state index contributed by atoms with van der Waals surface area (Å²) >= 11 is 0. The molecular weight excluding hydrogens is 220 g/mol. The van der Waals surface area contributed by atoms with Gasteiger partial charge in [-0.3, -0.25) is 4.90 Å². The lowest BCUT2D eigenvalue weighted by molar-refractivity contribution is 0.0836. The van der Waals surface area contributed by atoms with E-state index < -0.39 is 0 Å². The van der Waals surface area contributed by atoms with E-state index in [0.29, 0.717) is 5.41 Å². The maximum atomic E-state index is 3.47. The predicted octanol–water partition coefficient (Wildman–Crippen LogP) is 3.28. The molecule has 2 nitrogen and oxygen atoms in total. The summed E-state index contributed by atoms with van der Waals surface area (Å²) in [6.07, 6.45) is 10.1. The first-order valence-electron chi connectivity index (χ1n) is 8.05. The number of hydrogen-bond donors (Lipinski definition) is 1. The van der Waals surface area contributed by atoms with Crippen molar-refractivity contribution in [1.82, 2.24) is 10.2 Å². The van der Waals surface area contributed by atoms with Gasteiger partial charge in [0.15, 0.2) is 0 Å². The molecular formula is C16H32N2. The van der Waals surface area contributed by atoms with E-state index in [-0.39, 0.29) is 0 Å². The van der Waals surface area contributed by atoms with Crippen LogP contribution in [0.5, 0.6) is 0 Å². The Balaban J connectivity index is 1.99. The highest BCUT2D eigenvalue weighted by Gasteiger charge is 2.37. The maximum Gasteiger partial charge on any atom is 0.0119 e. The molecule has 2 fully saturated rings. The van der Waals surface area contributed by atoms with E-state index in [0.717, 1.165) is 12.0 Å². The number of nitrogens with one attached hydrogen (secondary N) is 1. The predicted molar refractivity (Wildman–Crippen MR) is 78.9 cm³/mol. The molecule has 2 aliphatic rings. The number of nitrogens with zero attached hydrogens (tertiary/aromatic N) is 1. The zero-order valence-corrected chi connectivity index (χ0v) is 12.7. The first-order valence-corrected chi connectivity index (χ1v) is 8.05. The lowest BCUT2D eigenvalue weighted by atomic mass is 9.73. The zero-order chi connectivity index (χ0) is 13.0. The molecule has 0 spiro atoms. The molecule has 0 aromatic heterocycles. The number of hydrogen-bond acceptors (Lipinski definition) is 2. The SMILES string of the molecule is CNCC1(CN2CCCC2C(C)C)CCCCC1. The van der Waals surface area contributed by atoms with Crippen LogP contribution in [0.2, 0.25) is 0 Å². The van der Waals surface area contributed by atoms with Gasteiger partial charge in [0, 0.05) is 19.1 Å². The lowest BCUT2D eigenvalue weighted by Gasteiger charge is -2.42. The van der Waals surface area contributed by atoms with Gasteiger partial charge in [-0.25, -0.2) is 0 Å². The second kappa shape index (κ2) is 6.38. The highest BCUT2D eigenvalue weighted by Crippen LogP contribution is 2.38. The van der Waals surface area contributed by atoms with Crippen molar-refractivity contribution >= 4 is 0 Å². The van der Waals surface area contributed by atoms with Crippen LogP contribution < -0.4 is 5.32 Å². The second-order valence-corrected chi connectivity index (χ2v) is 7.02. The van der Waals surface area contributed by atoms with Gasteiger partial charge >= 0.3 is 0 Å². The van der Waals surface area contributed by atoms with Crippen LogP contribution in [-0.2, 0) is 0 Å². The molecule has 0 aromatic rings. The van der Waals surface area contributed by atoms with E-state index in [2.05, 4.69) is 31.1 Å². The molecule has 0 amide bonds. The smallest absolute Gasteiger partial charge is 0.0119 e. The molecule has 0 bridgehead atoms. The molecule has 1 saturated heterocycles. The Hall–Kier alpha value is -0.0800. The van der Waals surface area contributed by atoms with Crippen LogP contribution in [0.3, 0.4) is 0 Å². The Labute approximate surface area is 114 Å². The van der Waals surface area contributed by atoms with Crippen LogP contribution in [0.1, 0.15) is 58.8 Å². The molecule has 2 rings (SSSR count). The van der Waals surface area contributed by atoms with E-state index in [4.69, 9.17) is 0 Å². The fourth-order valence-corrected chi connectivity index (χ4v) is 4.30. The molecule has 2 heteroatoms. The second-order valence-electron chi connectivity index (χ2n) is 7.02. The van der Waals surface area contributed by atoms with Crippen molar-refractivity contribution in [2.75, 3.05) is 26.7 Å². The lowest BCUT2D eigenvalue weighted by Crippen LogP contribution is -2.47. The molecule has 0 radical (unpaired) electrons. The Morgan fingerprint density at radius 1 is 1.17 bits per heavy atom. The first kappa shape index (κ1) is 14.3. The van der Waals surface area contributed by atoms with Crippen LogP contribution in [0.25, 0.3) is 0 Å². The fraction of sp³-hybridized carbons (Fsp3) is 1.00. The van der Waals surface area contributed by atoms with Gasteiger partial charge in [-0.15, -0.1) is 0 Å². The standard InChI is InChI=1S/C16H32N2/c1-14(2)15-8-7-11-18(15)13-16(12-17-3)9-5-4-6-10-16/h14-15,17H,4-13H2,1-3H3. The van der Waals surface area contributed by atoms with Crippen LogP contribution in [0, 0.1) is 11.3 Å². The van der Waals surface area contributed by atoms with Gasteiger partial charge in [-0.2, -0.15) is 0 Å². The number of rotatable bonds is 5. The van der Waals surface area contributed by atoms with Gasteiger partial charge in [0.1, 0.15) is 0 Å². The molecule has 1 heterocycles. The molecule has 1 N–H and O–H groups in total. The topological polar surface area (TPSA) is 15.3 Å². The molecule has 1 aliphatic carbocycles. The first-order chi connectivity index (χ1) is 8.67. The fourth-order valence-electron chi connectivity index (χ4n) is 4.30. The maximum absolute atomic E-state index is 3.47. The van der Waals surface area contributed by atoms with E-state index in [9.17, 15) is 0 Å². The van der Waals surface area contributed by atoms with Crippen molar-refractivity contribution < 1.29 is 0 Å². The van der Waals surface area contributed by atoms with Crippen LogP contribution in [0.4, 0.5) is 0 Å². The molecule has 0 aromatic carbocycles. The van der Waals surface area contributed by atoms with Gasteiger partial charge in [-0.05, 0) is 50.6 Å². The summed E-state index contributed by atoms with van der Waals surface area (Å²) in [5.74, 6) is 0.822. The van der Waals surface area contributed by atoms with Crippen molar-refractivity contribution in [3.63, 3.8) is 0 Å². The average Bonchev–Trinajstić information content (AvgIpc) is 2.78. The van der Waals surface area contributed by atoms with Crippen molar-refractivity contribution in [2.24, 2.45) is 11.3 Å². The summed E-state index contributed by atoms with van der Waals surface area (Å²) in [7, 11) is 2.13. The number of likely N-dealkylation sites (tertiary alicyclic amines) is 1. The summed E-state index contributed by atoms with van der Waals surface area (Å²) < 4.78 is 0. The molecule has 18 heavy (non-hydrogen) atoms. The Morgan fingerprint density at radius 2 is 1.89 bits per heavy atom. The highest BCUT2D eigenvalue weighted by molar-refractivity contribution is 4.91. The largest absolute Gasteiger partial charge is 0.319 e. The Morgan fingerprint density at radius 3 is 2.50 bits per heavy atom.